The van der Waals surface area contributed by atoms with Crippen molar-refractivity contribution in [2.45, 2.75) is 46.1 Å². The van der Waals surface area contributed by atoms with Crippen LogP contribution >= 0.6 is 11.3 Å². The van der Waals surface area contributed by atoms with Crippen LogP contribution in [0.15, 0.2) is 11.4 Å². The lowest BCUT2D eigenvalue weighted by Gasteiger charge is -2.37. The number of nitrogens with zero attached hydrogens (tertiary/aromatic N) is 1. The Labute approximate surface area is 126 Å². The molecule has 2 rings (SSSR count). The van der Waals surface area contributed by atoms with Crippen LogP contribution in [0.4, 0.5) is 0 Å². The predicted octanol–water partition coefficient (Wildman–Crippen LogP) is 3.20. The zero-order valence-electron chi connectivity index (χ0n) is 12.8. The normalized spacial score (nSPS) is 20.1. The molecule has 0 saturated carbocycles. The summed E-state index contributed by atoms with van der Waals surface area (Å²) in [5.41, 5.74) is 7.20. The van der Waals surface area contributed by atoms with Crippen LogP contribution in [0.3, 0.4) is 0 Å². The van der Waals surface area contributed by atoms with Gasteiger partial charge < -0.3 is 10.6 Å². The number of amides is 1. The van der Waals surface area contributed by atoms with Crippen molar-refractivity contribution in [3.05, 3.63) is 21.9 Å². The van der Waals surface area contributed by atoms with Gasteiger partial charge in [0.05, 0.1) is 12.0 Å². The van der Waals surface area contributed by atoms with E-state index in [2.05, 4.69) is 37.1 Å². The molecule has 2 unspecified atom stereocenters. The monoisotopic (exact) mass is 294 g/mol. The highest BCUT2D eigenvalue weighted by atomic mass is 32.1. The number of hydrogen-bond acceptors (Lipinski definition) is 3. The SMILES string of the molecule is CCC1c2ccsc2CCN1C(=O)C(CN)CC(C)C. The van der Waals surface area contributed by atoms with E-state index < -0.39 is 0 Å². The summed E-state index contributed by atoms with van der Waals surface area (Å²) in [6.07, 6.45) is 2.86. The van der Waals surface area contributed by atoms with Crippen LogP contribution in [0.5, 0.6) is 0 Å². The van der Waals surface area contributed by atoms with Gasteiger partial charge in [-0.2, -0.15) is 0 Å². The second-order valence-corrected chi connectivity index (χ2v) is 7.07. The Kier molecular flexibility index (Phi) is 5.22. The van der Waals surface area contributed by atoms with Gasteiger partial charge in [0.25, 0.3) is 0 Å². The first-order valence-corrected chi connectivity index (χ1v) is 8.53. The highest BCUT2D eigenvalue weighted by molar-refractivity contribution is 7.10. The highest BCUT2D eigenvalue weighted by Crippen LogP contribution is 2.36. The molecule has 112 valence electrons. The molecule has 0 spiro atoms. The standard InChI is InChI=1S/C16H26N2OS/c1-4-14-13-6-8-20-15(13)5-7-18(14)16(19)12(10-17)9-11(2)3/h6,8,11-12,14H,4-5,7,9-10,17H2,1-3H3. The van der Waals surface area contributed by atoms with Crippen LogP contribution in [0.1, 0.15) is 50.1 Å². The number of carbonyl (C=O) groups excluding carboxylic acids is 1. The first kappa shape index (κ1) is 15.5. The molecule has 2 atom stereocenters. The maximum absolute atomic E-state index is 12.8. The van der Waals surface area contributed by atoms with E-state index in [0.717, 1.165) is 25.8 Å². The topological polar surface area (TPSA) is 46.3 Å². The molecule has 0 radical (unpaired) electrons. The number of nitrogens with two attached hydrogens (primary N) is 1. The fourth-order valence-corrected chi connectivity index (χ4v) is 4.13. The molecule has 2 N–H and O–H groups in total. The molecule has 1 aliphatic rings. The summed E-state index contributed by atoms with van der Waals surface area (Å²) in [7, 11) is 0. The minimum Gasteiger partial charge on any atom is -0.335 e. The third kappa shape index (κ3) is 3.07. The summed E-state index contributed by atoms with van der Waals surface area (Å²) < 4.78 is 0. The van der Waals surface area contributed by atoms with E-state index in [0.29, 0.717) is 12.5 Å². The average Bonchev–Trinajstić information content (AvgIpc) is 2.90. The van der Waals surface area contributed by atoms with Crippen molar-refractivity contribution < 1.29 is 4.79 Å². The number of rotatable bonds is 5. The van der Waals surface area contributed by atoms with Crippen LogP contribution < -0.4 is 5.73 Å². The second kappa shape index (κ2) is 6.72. The molecule has 2 heterocycles. The zero-order chi connectivity index (χ0) is 14.7. The summed E-state index contributed by atoms with van der Waals surface area (Å²) in [5, 5.41) is 2.15. The molecule has 1 amide bonds. The molecule has 1 aromatic rings. The lowest BCUT2D eigenvalue weighted by Crippen LogP contribution is -2.44. The molecule has 0 aromatic carbocycles. The number of carbonyl (C=O) groups is 1. The number of hydrogen-bond donors (Lipinski definition) is 1. The van der Waals surface area contributed by atoms with Gasteiger partial charge >= 0.3 is 0 Å². The Morgan fingerprint density at radius 1 is 1.55 bits per heavy atom. The van der Waals surface area contributed by atoms with E-state index in [4.69, 9.17) is 5.73 Å². The Hall–Kier alpha value is -0.870. The maximum atomic E-state index is 12.8. The van der Waals surface area contributed by atoms with Gasteiger partial charge in [-0.05, 0) is 42.2 Å². The van der Waals surface area contributed by atoms with Gasteiger partial charge in [-0.3, -0.25) is 4.79 Å². The van der Waals surface area contributed by atoms with Crippen molar-refractivity contribution >= 4 is 17.2 Å². The number of fused-ring (bicyclic) bond motifs is 1. The van der Waals surface area contributed by atoms with Crippen LogP contribution in [0, 0.1) is 11.8 Å². The fraction of sp³-hybridized carbons (Fsp3) is 0.688. The molecule has 0 fully saturated rings. The van der Waals surface area contributed by atoms with E-state index in [9.17, 15) is 4.79 Å². The quantitative estimate of drug-likeness (QED) is 0.906. The molecule has 3 nitrogen and oxygen atoms in total. The molecule has 1 aromatic heterocycles. The predicted molar refractivity (Wildman–Crippen MR) is 84.8 cm³/mol. The molecule has 0 bridgehead atoms. The molecule has 20 heavy (non-hydrogen) atoms. The molecule has 4 heteroatoms. The summed E-state index contributed by atoms with van der Waals surface area (Å²) in [6.45, 7) is 7.78. The van der Waals surface area contributed by atoms with Crippen LogP contribution in [0.25, 0.3) is 0 Å². The van der Waals surface area contributed by atoms with Crippen molar-refractivity contribution in [2.24, 2.45) is 17.6 Å². The van der Waals surface area contributed by atoms with Crippen LogP contribution in [0.2, 0.25) is 0 Å². The Morgan fingerprint density at radius 3 is 2.90 bits per heavy atom. The Morgan fingerprint density at radius 2 is 2.30 bits per heavy atom. The van der Waals surface area contributed by atoms with Gasteiger partial charge in [-0.25, -0.2) is 0 Å². The van der Waals surface area contributed by atoms with E-state index in [1.165, 1.54) is 10.4 Å². The molecule has 0 saturated heterocycles. The maximum Gasteiger partial charge on any atom is 0.227 e. The third-order valence-corrected chi connectivity index (χ3v) is 5.15. The van der Waals surface area contributed by atoms with Crippen LogP contribution in [-0.4, -0.2) is 23.9 Å². The molecular weight excluding hydrogens is 268 g/mol. The minimum atomic E-state index is -0.0239. The van der Waals surface area contributed by atoms with Gasteiger partial charge in [0.15, 0.2) is 0 Å². The van der Waals surface area contributed by atoms with Gasteiger partial charge in [0.2, 0.25) is 5.91 Å². The van der Waals surface area contributed by atoms with E-state index >= 15 is 0 Å². The van der Waals surface area contributed by atoms with Gasteiger partial charge in [-0.15, -0.1) is 11.3 Å². The van der Waals surface area contributed by atoms with Crippen molar-refractivity contribution in [3.8, 4) is 0 Å². The lowest BCUT2D eigenvalue weighted by atomic mass is 9.92. The van der Waals surface area contributed by atoms with Crippen molar-refractivity contribution in [1.82, 2.24) is 4.90 Å². The largest absolute Gasteiger partial charge is 0.335 e. The molecule has 0 aliphatic carbocycles. The summed E-state index contributed by atoms with van der Waals surface area (Å²) in [6, 6.07) is 2.44. The van der Waals surface area contributed by atoms with E-state index in [1.807, 2.05) is 11.3 Å². The lowest BCUT2D eigenvalue weighted by molar-refractivity contribution is -0.138. The summed E-state index contributed by atoms with van der Waals surface area (Å²) >= 11 is 1.82. The Balaban J connectivity index is 2.17. The zero-order valence-corrected chi connectivity index (χ0v) is 13.6. The van der Waals surface area contributed by atoms with Crippen molar-refractivity contribution in [2.75, 3.05) is 13.1 Å². The van der Waals surface area contributed by atoms with Gasteiger partial charge in [-0.1, -0.05) is 20.8 Å². The summed E-state index contributed by atoms with van der Waals surface area (Å²) in [4.78, 5) is 16.3. The van der Waals surface area contributed by atoms with Crippen molar-refractivity contribution in [3.63, 3.8) is 0 Å². The molecular formula is C16H26N2OS. The second-order valence-electron chi connectivity index (χ2n) is 6.07. The molecule has 1 aliphatic heterocycles. The van der Waals surface area contributed by atoms with E-state index in [1.54, 1.807) is 0 Å². The average molecular weight is 294 g/mol. The van der Waals surface area contributed by atoms with Gasteiger partial charge in [0, 0.05) is 18.0 Å². The Bertz CT molecular complexity index is 455. The van der Waals surface area contributed by atoms with Crippen molar-refractivity contribution in [1.29, 1.82) is 0 Å². The van der Waals surface area contributed by atoms with E-state index in [-0.39, 0.29) is 17.9 Å². The highest BCUT2D eigenvalue weighted by Gasteiger charge is 2.33. The first-order chi connectivity index (χ1) is 9.58. The first-order valence-electron chi connectivity index (χ1n) is 7.65. The van der Waals surface area contributed by atoms with Gasteiger partial charge in [0.1, 0.15) is 0 Å². The fourth-order valence-electron chi connectivity index (χ4n) is 3.20. The smallest absolute Gasteiger partial charge is 0.227 e. The third-order valence-electron chi connectivity index (χ3n) is 4.15. The summed E-state index contributed by atoms with van der Waals surface area (Å²) in [5.74, 6) is 0.739. The number of thiophene rings is 1. The minimum absolute atomic E-state index is 0.0239. The van der Waals surface area contributed by atoms with Crippen LogP contribution in [-0.2, 0) is 11.2 Å².